The van der Waals surface area contributed by atoms with Crippen LogP contribution in [-0.4, -0.2) is 11.1 Å². The summed E-state index contributed by atoms with van der Waals surface area (Å²) in [5, 5.41) is 8.32. The van der Waals surface area contributed by atoms with E-state index in [2.05, 4.69) is 6.92 Å². The van der Waals surface area contributed by atoms with Gasteiger partial charge in [-0.2, -0.15) is 0 Å². The second-order valence-corrected chi connectivity index (χ2v) is 2.91. The monoisotopic (exact) mass is 265 g/mol. The number of hydrogen-bond acceptors (Lipinski definition) is 1. The van der Waals surface area contributed by atoms with Crippen molar-refractivity contribution in [3.63, 3.8) is 0 Å². The second-order valence-electron chi connectivity index (χ2n) is 2.91. The number of hydrogen-bond donors (Lipinski definition) is 1. The summed E-state index contributed by atoms with van der Waals surface area (Å²) in [6, 6.07) is 0. The third kappa shape index (κ3) is 12.8. The van der Waals surface area contributed by atoms with E-state index in [4.69, 9.17) is 5.11 Å². The molecular formula is C9H18AgO2. The molecule has 0 saturated heterocycles. The summed E-state index contributed by atoms with van der Waals surface area (Å²) in [7, 11) is 0. The Morgan fingerprint density at radius 3 is 2.08 bits per heavy atom. The zero-order valence-corrected chi connectivity index (χ0v) is 9.09. The van der Waals surface area contributed by atoms with Crippen molar-refractivity contribution < 1.29 is 32.3 Å². The van der Waals surface area contributed by atoms with E-state index >= 15 is 0 Å². The standard InChI is InChI=1S/C9H18O2.Ag/c1-2-3-4-5-6-7-8-9(10)11;/h2-8H2,1H3,(H,10,11);. The summed E-state index contributed by atoms with van der Waals surface area (Å²) < 4.78 is 0. The molecule has 0 aromatic heterocycles. The van der Waals surface area contributed by atoms with E-state index < -0.39 is 5.97 Å². The molecule has 0 fully saturated rings. The van der Waals surface area contributed by atoms with Gasteiger partial charge in [-0.1, -0.05) is 39.0 Å². The minimum atomic E-state index is -0.666. The third-order valence-corrected chi connectivity index (χ3v) is 1.74. The summed E-state index contributed by atoms with van der Waals surface area (Å²) in [6.45, 7) is 2.18. The van der Waals surface area contributed by atoms with E-state index in [1.807, 2.05) is 0 Å². The molecule has 3 heteroatoms. The largest absolute Gasteiger partial charge is 0.481 e. The molecular weight excluding hydrogens is 248 g/mol. The van der Waals surface area contributed by atoms with E-state index in [1.54, 1.807) is 0 Å². The molecule has 12 heavy (non-hydrogen) atoms. The van der Waals surface area contributed by atoms with Gasteiger partial charge in [0.25, 0.3) is 0 Å². The maximum atomic E-state index is 10.1. The smallest absolute Gasteiger partial charge is 0.303 e. The van der Waals surface area contributed by atoms with Crippen LogP contribution in [0, 0.1) is 0 Å². The number of aliphatic carboxylic acids is 1. The van der Waals surface area contributed by atoms with Crippen LogP contribution < -0.4 is 0 Å². The van der Waals surface area contributed by atoms with Crippen LogP contribution in [0.5, 0.6) is 0 Å². The van der Waals surface area contributed by atoms with E-state index in [1.165, 1.54) is 25.7 Å². The summed E-state index contributed by atoms with van der Waals surface area (Å²) in [6.07, 6.45) is 7.25. The van der Waals surface area contributed by atoms with Gasteiger partial charge in [-0.05, 0) is 6.42 Å². The van der Waals surface area contributed by atoms with Gasteiger partial charge in [-0.15, -0.1) is 0 Å². The number of carboxylic acids is 1. The van der Waals surface area contributed by atoms with Crippen molar-refractivity contribution in [3.05, 3.63) is 0 Å². The predicted molar refractivity (Wildman–Crippen MR) is 45.6 cm³/mol. The van der Waals surface area contributed by atoms with Crippen LogP contribution in [0.2, 0.25) is 0 Å². The Morgan fingerprint density at radius 2 is 1.58 bits per heavy atom. The zero-order valence-electron chi connectivity index (χ0n) is 7.61. The van der Waals surface area contributed by atoms with E-state index in [0.717, 1.165) is 12.8 Å². The van der Waals surface area contributed by atoms with Gasteiger partial charge in [-0.3, -0.25) is 4.79 Å². The molecule has 0 saturated carbocycles. The second kappa shape index (κ2) is 11.2. The molecule has 0 unspecified atom stereocenters. The normalized spacial score (nSPS) is 9.08. The van der Waals surface area contributed by atoms with Gasteiger partial charge >= 0.3 is 5.97 Å². The van der Waals surface area contributed by atoms with E-state index in [0.29, 0.717) is 6.42 Å². The third-order valence-electron chi connectivity index (χ3n) is 1.74. The summed E-state index contributed by atoms with van der Waals surface area (Å²) in [5.74, 6) is -0.666. The van der Waals surface area contributed by atoms with Crippen LogP contribution in [0.15, 0.2) is 0 Å². The number of rotatable bonds is 7. The minimum Gasteiger partial charge on any atom is -0.481 e. The molecule has 0 amide bonds. The van der Waals surface area contributed by atoms with Crippen molar-refractivity contribution in [2.75, 3.05) is 0 Å². The molecule has 77 valence electrons. The number of carboxylic acid groups (broad SMARTS) is 1. The first-order valence-corrected chi connectivity index (χ1v) is 4.49. The molecule has 0 aromatic rings. The molecule has 0 heterocycles. The first kappa shape index (κ1) is 14.7. The molecule has 0 aliphatic heterocycles. The summed E-state index contributed by atoms with van der Waals surface area (Å²) in [5.41, 5.74) is 0. The van der Waals surface area contributed by atoms with Gasteiger partial charge in [0.05, 0.1) is 0 Å². The Morgan fingerprint density at radius 1 is 1.08 bits per heavy atom. The summed E-state index contributed by atoms with van der Waals surface area (Å²) in [4.78, 5) is 10.1. The molecule has 0 rings (SSSR count). The molecule has 0 spiro atoms. The van der Waals surface area contributed by atoms with Crippen molar-refractivity contribution in [1.82, 2.24) is 0 Å². The van der Waals surface area contributed by atoms with Gasteiger partial charge in [0.2, 0.25) is 0 Å². The average molecular weight is 266 g/mol. The van der Waals surface area contributed by atoms with Gasteiger partial charge in [0.15, 0.2) is 0 Å². The van der Waals surface area contributed by atoms with E-state index in [9.17, 15) is 4.79 Å². The fraction of sp³-hybridized carbons (Fsp3) is 0.889. The van der Waals surface area contributed by atoms with Crippen LogP contribution in [-0.2, 0) is 27.2 Å². The van der Waals surface area contributed by atoms with Gasteiger partial charge in [0, 0.05) is 28.8 Å². The molecule has 0 aliphatic rings. The van der Waals surface area contributed by atoms with Crippen LogP contribution in [0.3, 0.4) is 0 Å². The van der Waals surface area contributed by atoms with Crippen molar-refractivity contribution in [1.29, 1.82) is 0 Å². The Balaban J connectivity index is 0. The Labute approximate surface area is 90.2 Å². The van der Waals surface area contributed by atoms with Crippen LogP contribution in [0.1, 0.15) is 51.9 Å². The topological polar surface area (TPSA) is 37.3 Å². The summed E-state index contributed by atoms with van der Waals surface area (Å²) >= 11 is 0. The van der Waals surface area contributed by atoms with Gasteiger partial charge in [0.1, 0.15) is 0 Å². The maximum Gasteiger partial charge on any atom is 0.303 e. The Hall–Kier alpha value is 0.210. The Bertz CT molecular complexity index is 105. The minimum absolute atomic E-state index is 0. The van der Waals surface area contributed by atoms with Gasteiger partial charge < -0.3 is 5.11 Å². The fourth-order valence-corrected chi connectivity index (χ4v) is 1.06. The van der Waals surface area contributed by atoms with Gasteiger partial charge in [-0.25, -0.2) is 0 Å². The zero-order chi connectivity index (χ0) is 8.53. The van der Waals surface area contributed by atoms with Crippen molar-refractivity contribution >= 4 is 5.97 Å². The SMILES string of the molecule is CCCCCCCCC(=O)O.[Ag]. The number of carbonyl (C=O) groups is 1. The molecule has 1 radical (unpaired) electrons. The number of unbranched alkanes of at least 4 members (excludes halogenated alkanes) is 5. The van der Waals surface area contributed by atoms with Crippen molar-refractivity contribution in [2.24, 2.45) is 0 Å². The van der Waals surface area contributed by atoms with Crippen molar-refractivity contribution in [2.45, 2.75) is 51.9 Å². The quantitative estimate of drug-likeness (QED) is 0.568. The molecule has 0 aliphatic carbocycles. The first-order valence-electron chi connectivity index (χ1n) is 4.49. The van der Waals surface area contributed by atoms with Crippen LogP contribution >= 0.6 is 0 Å². The van der Waals surface area contributed by atoms with Crippen LogP contribution in [0.25, 0.3) is 0 Å². The molecule has 2 nitrogen and oxygen atoms in total. The van der Waals surface area contributed by atoms with E-state index in [-0.39, 0.29) is 22.4 Å². The molecule has 0 atom stereocenters. The fourth-order valence-electron chi connectivity index (χ4n) is 1.06. The Kier molecular flexibility index (Phi) is 13.8. The molecule has 0 aromatic carbocycles. The molecule has 1 N–H and O–H groups in total. The average Bonchev–Trinajstić information content (AvgIpc) is 1.96. The first-order chi connectivity index (χ1) is 5.27. The maximum absolute atomic E-state index is 10.1. The predicted octanol–water partition coefficient (Wildman–Crippen LogP) is 2.82. The van der Waals surface area contributed by atoms with Crippen molar-refractivity contribution in [3.8, 4) is 0 Å². The molecule has 0 bridgehead atoms. The van der Waals surface area contributed by atoms with Crippen LogP contribution in [0.4, 0.5) is 0 Å².